The van der Waals surface area contributed by atoms with Gasteiger partial charge in [-0.3, -0.25) is 14.4 Å². The van der Waals surface area contributed by atoms with E-state index >= 15 is 0 Å². The first-order valence-corrected chi connectivity index (χ1v) is 9.51. The minimum atomic E-state index is -0.567. The summed E-state index contributed by atoms with van der Waals surface area (Å²) in [5, 5.41) is 7.34. The van der Waals surface area contributed by atoms with E-state index in [0.29, 0.717) is 27.6 Å². The summed E-state index contributed by atoms with van der Waals surface area (Å²) in [6.45, 7) is 1.66. The lowest BCUT2D eigenvalue weighted by molar-refractivity contribution is -0.122. The van der Waals surface area contributed by atoms with Crippen molar-refractivity contribution >= 4 is 40.3 Å². The van der Waals surface area contributed by atoms with Crippen molar-refractivity contribution in [1.29, 1.82) is 0 Å². The predicted molar refractivity (Wildman–Crippen MR) is 107 cm³/mol. The summed E-state index contributed by atoms with van der Waals surface area (Å²) in [5.41, 5.74) is 1.60. The Kier molecular flexibility index (Phi) is 4.67. The number of ether oxygens (including phenoxy) is 1. The molecule has 7 heteroatoms. The van der Waals surface area contributed by atoms with Gasteiger partial charge in [0.05, 0.1) is 16.1 Å². The third-order valence-electron chi connectivity index (χ3n) is 4.33. The molecule has 4 rings (SSSR count). The highest BCUT2D eigenvalue weighted by Gasteiger charge is 2.24. The molecule has 0 aliphatic carbocycles. The molecule has 2 aromatic carbocycles. The maximum atomic E-state index is 12.8. The molecule has 2 N–H and O–H groups in total. The highest BCUT2D eigenvalue weighted by atomic mass is 32.1. The largest absolute Gasteiger partial charge is 0.479 e. The molecule has 1 aliphatic rings. The molecule has 0 spiro atoms. The molecule has 6 nitrogen and oxygen atoms in total. The minimum Gasteiger partial charge on any atom is -0.479 e. The SMILES string of the molecule is CC1Oc2ccc(NC(=O)c3ccccc3C(=O)c3cccs3)cc2NC1=O. The van der Waals surface area contributed by atoms with Gasteiger partial charge < -0.3 is 15.4 Å². The van der Waals surface area contributed by atoms with E-state index in [1.54, 1.807) is 61.5 Å². The van der Waals surface area contributed by atoms with Crippen LogP contribution in [0.2, 0.25) is 0 Å². The lowest BCUT2D eigenvalue weighted by Gasteiger charge is -2.23. The molecular weight excluding hydrogens is 376 g/mol. The molecule has 0 saturated heterocycles. The van der Waals surface area contributed by atoms with E-state index in [-0.39, 0.29) is 17.3 Å². The summed E-state index contributed by atoms with van der Waals surface area (Å²) < 4.78 is 5.51. The first kappa shape index (κ1) is 17.9. The fraction of sp³-hybridized carbons (Fsp3) is 0.0952. The van der Waals surface area contributed by atoms with E-state index < -0.39 is 12.0 Å². The standard InChI is InChI=1S/C21H16N2O4S/c1-12-20(25)23-16-11-13(8-9-17(16)27-12)22-21(26)15-6-3-2-5-14(15)19(24)18-7-4-10-28-18/h2-12H,1H3,(H,22,26)(H,23,25). The van der Waals surface area contributed by atoms with Crippen molar-refractivity contribution in [2.75, 3.05) is 10.6 Å². The second-order valence-electron chi connectivity index (χ2n) is 6.27. The summed E-state index contributed by atoms with van der Waals surface area (Å²) in [6.07, 6.45) is -0.567. The Labute approximate surface area is 165 Å². The highest BCUT2D eigenvalue weighted by Crippen LogP contribution is 2.32. The molecule has 0 radical (unpaired) electrons. The molecule has 140 valence electrons. The molecule has 1 aliphatic heterocycles. The molecule has 0 fully saturated rings. The quantitative estimate of drug-likeness (QED) is 0.659. The molecular formula is C21H16N2O4S. The molecule has 1 atom stereocenters. The monoisotopic (exact) mass is 392 g/mol. The van der Waals surface area contributed by atoms with Crippen LogP contribution in [0.1, 0.15) is 32.5 Å². The third-order valence-corrected chi connectivity index (χ3v) is 5.20. The van der Waals surface area contributed by atoms with Crippen LogP contribution in [0.15, 0.2) is 60.0 Å². The van der Waals surface area contributed by atoms with Crippen molar-refractivity contribution in [3.05, 3.63) is 76.0 Å². The van der Waals surface area contributed by atoms with E-state index in [0.717, 1.165) is 0 Å². The summed E-state index contributed by atoms with van der Waals surface area (Å²) in [4.78, 5) is 37.9. The van der Waals surface area contributed by atoms with Crippen molar-refractivity contribution in [2.45, 2.75) is 13.0 Å². The van der Waals surface area contributed by atoms with Gasteiger partial charge in [0.15, 0.2) is 6.10 Å². The molecule has 2 amide bonds. The number of anilines is 2. The van der Waals surface area contributed by atoms with Gasteiger partial charge in [-0.25, -0.2) is 0 Å². The van der Waals surface area contributed by atoms with E-state index in [1.165, 1.54) is 11.3 Å². The van der Waals surface area contributed by atoms with E-state index in [1.807, 2.05) is 5.38 Å². The number of benzene rings is 2. The van der Waals surface area contributed by atoms with Crippen molar-refractivity contribution in [3.63, 3.8) is 0 Å². The van der Waals surface area contributed by atoms with Crippen molar-refractivity contribution in [2.24, 2.45) is 0 Å². The lowest BCUT2D eigenvalue weighted by atomic mass is 10.0. The zero-order chi connectivity index (χ0) is 19.7. The van der Waals surface area contributed by atoms with Gasteiger partial charge in [-0.15, -0.1) is 11.3 Å². The smallest absolute Gasteiger partial charge is 0.265 e. The summed E-state index contributed by atoms with van der Waals surface area (Å²) in [6, 6.07) is 15.2. The first-order valence-electron chi connectivity index (χ1n) is 8.63. The molecule has 0 saturated carbocycles. The second-order valence-corrected chi connectivity index (χ2v) is 7.21. The zero-order valence-corrected chi connectivity index (χ0v) is 15.7. The number of amides is 2. The number of rotatable bonds is 4. The molecule has 1 unspecified atom stereocenters. The molecule has 2 heterocycles. The Morgan fingerprint density at radius 3 is 2.61 bits per heavy atom. The first-order chi connectivity index (χ1) is 13.5. The Bertz CT molecular complexity index is 1080. The number of carbonyl (C=O) groups is 3. The van der Waals surface area contributed by atoms with Gasteiger partial charge in [-0.1, -0.05) is 24.3 Å². The third kappa shape index (κ3) is 3.39. The highest BCUT2D eigenvalue weighted by molar-refractivity contribution is 7.12. The Morgan fingerprint density at radius 1 is 1.07 bits per heavy atom. The Morgan fingerprint density at radius 2 is 1.86 bits per heavy atom. The minimum absolute atomic E-state index is 0.194. The van der Waals surface area contributed by atoms with Crippen LogP contribution in [0.4, 0.5) is 11.4 Å². The number of thiophene rings is 1. The van der Waals surface area contributed by atoms with Gasteiger partial charge in [0.2, 0.25) is 5.78 Å². The lowest BCUT2D eigenvalue weighted by Crippen LogP contribution is -2.34. The number of fused-ring (bicyclic) bond motifs is 1. The van der Waals surface area contributed by atoms with Gasteiger partial charge in [0.1, 0.15) is 5.75 Å². The van der Waals surface area contributed by atoms with Crippen LogP contribution in [0.3, 0.4) is 0 Å². The maximum absolute atomic E-state index is 12.8. The van der Waals surface area contributed by atoms with Crippen LogP contribution in [0.5, 0.6) is 5.75 Å². The fourth-order valence-corrected chi connectivity index (χ4v) is 3.58. The van der Waals surface area contributed by atoms with Crippen LogP contribution >= 0.6 is 11.3 Å². The average Bonchev–Trinajstić information content (AvgIpc) is 3.23. The molecule has 0 bridgehead atoms. The van der Waals surface area contributed by atoms with Crippen LogP contribution < -0.4 is 15.4 Å². The average molecular weight is 392 g/mol. The Balaban J connectivity index is 1.59. The summed E-state index contributed by atoms with van der Waals surface area (Å²) in [7, 11) is 0. The molecule has 28 heavy (non-hydrogen) atoms. The van der Waals surface area contributed by atoms with Crippen LogP contribution in [0.25, 0.3) is 0 Å². The number of carbonyl (C=O) groups excluding carboxylic acids is 3. The van der Waals surface area contributed by atoms with Crippen molar-refractivity contribution < 1.29 is 19.1 Å². The van der Waals surface area contributed by atoms with Gasteiger partial charge in [0.25, 0.3) is 11.8 Å². The predicted octanol–water partition coefficient (Wildman–Crippen LogP) is 3.95. The number of hydrogen-bond acceptors (Lipinski definition) is 5. The normalized spacial score (nSPS) is 15.2. The van der Waals surface area contributed by atoms with Gasteiger partial charge in [-0.2, -0.15) is 0 Å². The summed E-state index contributed by atoms with van der Waals surface area (Å²) >= 11 is 1.33. The Hall–Kier alpha value is -3.45. The molecule has 3 aromatic rings. The topological polar surface area (TPSA) is 84.5 Å². The number of nitrogens with one attached hydrogen (secondary N) is 2. The van der Waals surface area contributed by atoms with Gasteiger partial charge in [-0.05, 0) is 42.6 Å². The van der Waals surface area contributed by atoms with Crippen LogP contribution in [-0.4, -0.2) is 23.7 Å². The number of ketones is 1. The maximum Gasteiger partial charge on any atom is 0.265 e. The van der Waals surface area contributed by atoms with Crippen molar-refractivity contribution in [3.8, 4) is 5.75 Å². The van der Waals surface area contributed by atoms with Crippen LogP contribution in [-0.2, 0) is 4.79 Å². The fourth-order valence-electron chi connectivity index (χ4n) is 2.90. The van der Waals surface area contributed by atoms with E-state index in [9.17, 15) is 14.4 Å². The van der Waals surface area contributed by atoms with Crippen LogP contribution in [0, 0.1) is 0 Å². The zero-order valence-electron chi connectivity index (χ0n) is 14.9. The second kappa shape index (κ2) is 7.28. The van der Waals surface area contributed by atoms with E-state index in [2.05, 4.69) is 10.6 Å². The van der Waals surface area contributed by atoms with Crippen molar-refractivity contribution in [1.82, 2.24) is 0 Å². The summed E-state index contributed by atoms with van der Waals surface area (Å²) in [5.74, 6) is -0.307. The molecule has 1 aromatic heterocycles. The van der Waals surface area contributed by atoms with E-state index in [4.69, 9.17) is 4.74 Å². The van der Waals surface area contributed by atoms with Gasteiger partial charge in [0, 0.05) is 11.3 Å². The van der Waals surface area contributed by atoms with Gasteiger partial charge >= 0.3 is 0 Å². The number of hydrogen-bond donors (Lipinski definition) is 2.